The Morgan fingerprint density at radius 1 is 1.33 bits per heavy atom. The normalized spacial score (nSPS) is 15.6. The second kappa shape index (κ2) is 4.53. The minimum absolute atomic E-state index is 0.257. The standard InChI is InChI=1S/C10H14OS/c1-3-9(2)12(11)10-7-5-4-6-8-10/h4-9H,3H2,1-2H3. The molecule has 0 aromatic heterocycles. The van der Waals surface area contributed by atoms with Gasteiger partial charge in [-0.25, -0.2) is 0 Å². The fourth-order valence-corrected chi connectivity index (χ4v) is 2.13. The molecule has 0 spiro atoms. The van der Waals surface area contributed by atoms with Crippen molar-refractivity contribution in [3.63, 3.8) is 0 Å². The molecule has 1 nitrogen and oxygen atoms in total. The molecule has 0 fully saturated rings. The average Bonchev–Trinajstić information content (AvgIpc) is 2.17. The molecule has 0 aliphatic rings. The molecule has 2 unspecified atom stereocenters. The van der Waals surface area contributed by atoms with Crippen LogP contribution in [0, 0.1) is 0 Å². The third-order valence-corrected chi connectivity index (χ3v) is 3.72. The summed E-state index contributed by atoms with van der Waals surface area (Å²) in [6.45, 7) is 4.08. The van der Waals surface area contributed by atoms with Crippen molar-refractivity contribution in [2.45, 2.75) is 30.4 Å². The zero-order valence-electron chi connectivity index (χ0n) is 7.49. The number of hydrogen-bond donors (Lipinski definition) is 0. The molecule has 1 aromatic rings. The molecule has 0 amide bonds. The van der Waals surface area contributed by atoms with E-state index < -0.39 is 11.2 Å². The largest absolute Gasteiger partial charge is 0.611 e. The van der Waals surface area contributed by atoms with Gasteiger partial charge in [-0.15, -0.1) is 0 Å². The smallest absolute Gasteiger partial charge is 0.152 e. The predicted molar refractivity (Wildman–Crippen MR) is 52.6 cm³/mol. The van der Waals surface area contributed by atoms with E-state index in [0.717, 1.165) is 11.3 Å². The van der Waals surface area contributed by atoms with Gasteiger partial charge in [0, 0.05) is 0 Å². The zero-order valence-corrected chi connectivity index (χ0v) is 8.30. The maximum absolute atomic E-state index is 11.7. The van der Waals surface area contributed by atoms with Crippen LogP contribution in [0.5, 0.6) is 0 Å². The number of benzene rings is 1. The third kappa shape index (κ3) is 2.26. The Morgan fingerprint density at radius 2 is 1.92 bits per heavy atom. The first kappa shape index (κ1) is 9.62. The summed E-state index contributed by atoms with van der Waals surface area (Å²) < 4.78 is 11.7. The average molecular weight is 182 g/mol. The number of hydrogen-bond acceptors (Lipinski definition) is 1. The van der Waals surface area contributed by atoms with Crippen molar-refractivity contribution in [1.82, 2.24) is 0 Å². The molecule has 12 heavy (non-hydrogen) atoms. The van der Waals surface area contributed by atoms with E-state index in [1.54, 1.807) is 0 Å². The van der Waals surface area contributed by atoms with E-state index in [1.165, 1.54) is 0 Å². The minimum Gasteiger partial charge on any atom is -0.611 e. The Labute approximate surface area is 77.0 Å². The molecule has 1 aromatic carbocycles. The van der Waals surface area contributed by atoms with Crippen LogP contribution in [0.4, 0.5) is 0 Å². The molecule has 0 heterocycles. The van der Waals surface area contributed by atoms with Crippen LogP contribution >= 0.6 is 0 Å². The van der Waals surface area contributed by atoms with Crippen LogP contribution in [0.3, 0.4) is 0 Å². The molecule has 0 saturated heterocycles. The first-order valence-electron chi connectivity index (χ1n) is 4.21. The lowest BCUT2D eigenvalue weighted by Crippen LogP contribution is -2.16. The summed E-state index contributed by atoms with van der Waals surface area (Å²) in [6, 6.07) is 9.63. The van der Waals surface area contributed by atoms with E-state index in [2.05, 4.69) is 6.92 Å². The summed E-state index contributed by atoms with van der Waals surface area (Å²) in [4.78, 5) is 0.937. The quantitative estimate of drug-likeness (QED) is 0.659. The fourth-order valence-electron chi connectivity index (χ4n) is 0.938. The van der Waals surface area contributed by atoms with Gasteiger partial charge in [-0.1, -0.05) is 25.1 Å². The second-order valence-corrected chi connectivity index (χ2v) is 4.70. The van der Waals surface area contributed by atoms with E-state index in [4.69, 9.17) is 0 Å². The van der Waals surface area contributed by atoms with Crippen LogP contribution < -0.4 is 0 Å². The van der Waals surface area contributed by atoms with Gasteiger partial charge in [0.2, 0.25) is 0 Å². The molecule has 0 aliphatic heterocycles. The van der Waals surface area contributed by atoms with Crippen molar-refractivity contribution < 1.29 is 4.55 Å². The van der Waals surface area contributed by atoms with Gasteiger partial charge in [0.05, 0.1) is 0 Å². The van der Waals surface area contributed by atoms with Gasteiger partial charge in [0.15, 0.2) is 4.90 Å². The van der Waals surface area contributed by atoms with E-state index in [-0.39, 0.29) is 5.25 Å². The molecule has 2 atom stereocenters. The lowest BCUT2D eigenvalue weighted by molar-refractivity contribution is 0.580. The highest BCUT2D eigenvalue weighted by molar-refractivity contribution is 7.92. The first-order valence-corrected chi connectivity index (χ1v) is 5.42. The van der Waals surface area contributed by atoms with Gasteiger partial charge in [0.1, 0.15) is 5.25 Å². The Balaban J connectivity index is 2.71. The van der Waals surface area contributed by atoms with Gasteiger partial charge < -0.3 is 4.55 Å². The highest BCUT2D eigenvalue weighted by atomic mass is 32.2. The number of rotatable bonds is 3. The fraction of sp³-hybridized carbons (Fsp3) is 0.400. The Hall–Kier alpha value is -0.470. The Bertz CT molecular complexity index is 223. The summed E-state index contributed by atoms with van der Waals surface area (Å²) in [5.41, 5.74) is 0. The molecule has 0 radical (unpaired) electrons. The van der Waals surface area contributed by atoms with Crippen LogP contribution in [-0.4, -0.2) is 9.80 Å². The van der Waals surface area contributed by atoms with Crippen molar-refractivity contribution in [1.29, 1.82) is 0 Å². The van der Waals surface area contributed by atoms with Crippen LogP contribution in [0.1, 0.15) is 20.3 Å². The highest BCUT2D eigenvalue weighted by Gasteiger charge is 2.16. The monoisotopic (exact) mass is 182 g/mol. The van der Waals surface area contributed by atoms with Gasteiger partial charge in [-0.2, -0.15) is 0 Å². The maximum Gasteiger partial charge on any atom is 0.152 e. The van der Waals surface area contributed by atoms with Crippen molar-refractivity contribution in [2.75, 3.05) is 0 Å². The van der Waals surface area contributed by atoms with Crippen LogP contribution in [-0.2, 0) is 11.2 Å². The zero-order chi connectivity index (χ0) is 8.97. The van der Waals surface area contributed by atoms with Gasteiger partial charge >= 0.3 is 0 Å². The molecule has 66 valence electrons. The summed E-state index contributed by atoms with van der Waals surface area (Å²) in [7, 11) is 0. The summed E-state index contributed by atoms with van der Waals surface area (Å²) in [6.07, 6.45) is 0.960. The van der Waals surface area contributed by atoms with Gasteiger partial charge in [0.25, 0.3) is 0 Å². The van der Waals surface area contributed by atoms with Gasteiger partial charge in [-0.05, 0) is 36.7 Å². The molecule has 0 saturated carbocycles. The van der Waals surface area contributed by atoms with Crippen molar-refractivity contribution in [3.05, 3.63) is 30.3 Å². The molecular weight excluding hydrogens is 168 g/mol. The third-order valence-electron chi connectivity index (χ3n) is 1.92. The molecule has 0 bridgehead atoms. The molecule has 0 aliphatic carbocycles. The lowest BCUT2D eigenvalue weighted by Gasteiger charge is -2.15. The lowest BCUT2D eigenvalue weighted by atomic mass is 10.4. The SMILES string of the molecule is CCC(C)[S+]([O-])c1ccccc1. The molecule has 0 N–H and O–H groups in total. The molecule has 1 rings (SSSR count). The van der Waals surface area contributed by atoms with Crippen molar-refractivity contribution >= 4 is 11.2 Å². The molecule has 2 heteroatoms. The predicted octanol–water partition coefficient (Wildman–Crippen LogP) is 2.59. The summed E-state index contributed by atoms with van der Waals surface area (Å²) in [5.74, 6) is 0. The minimum atomic E-state index is -0.828. The van der Waals surface area contributed by atoms with E-state index in [1.807, 2.05) is 37.3 Å². The van der Waals surface area contributed by atoms with Gasteiger partial charge in [-0.3, -0.25) is 0 Å². The van der Waals surface area contributed by atoms with Crippen LogP contribution in [0.2, 0.25) is 0 Å². The Morgan fingerprint density at radius 3 is 2.42 bits per heavy atom. The molecular formula is C10H14OS. The van der Waals surface area contributed by atoms with Crippen LogP contribution in [0.25, 0.3) is 0 Å². The van der Waals surface area contributed by atoms with E-state index in [0.29, 0.717) is 0 Å². The van der Waals surface area contributed by atoms with Crippen LogP contribution in [0.15, 0.2) is 35.2 Å². The van der Waals surface area contributed by atoms with E-state index in [9.17, 15) is 4.55 Å². The Kier molecular flexibility index (Phi) is 3.63. The van der Waals surface area contributed by atoms with Crippen molar-refractivity contribution in [3.8, 4) is 0 Å². The first-order chi connectivity index (χ1) is 5.75. The topological polar surface area (TPSA) is 23.1 Å². The summed E-state index contributed by atoms with van der Waals surface area (Å²) in [5, 5.41) is 0.257. The summed E-state index contributed by atoms with van der Waals surface area (Å²) >= 11 is -0.828. The second-order valence-electron chi connectivity index (χ2n) is 2.83. The van der Waals surface area contributed by atoms with Crippen molar-refractivity contribution in [2.24, 2.45) is 0 Å². The van der Waals surface area contributed by atoms with E-state index >= 15 is 0 Å². The maximum atomic E-state index is 11.7. The highest BCUT2D eigenvalue weighted by Crippen LogP contribution is 2.16.